The zero-order valence-corrected chi connectivity index (χ0v) is 71.1. The van der Waals surface area contributed by atoms with Crippen molar-refractivity contribution >= 4 is 22.5 Å². The van der Waals surface area contributed by atoms with Gasteiger partial charge in [0.05, 0.1) is 23.2 Å². The lowest BCUT2D eigenvalue weighted by molar-refractivity contribution is -0.00691. The summed E-state index contributed by atoms with van der Waals surface area (Å²) in [6.45, 7) is 101. The fourth-order valence-electron chi connectivity index (χ4n) is 12.9. The predicted molar refractivity (Wildman–Crippen MR) is 422 cm³/mol. The van der Waals surface area contributed by atoms with Gasteiger partial charge in [0.15, 0.2) is 9.84 Å². The van der Waals surface area contributed by atoms with Crippen LogP contribution in [0.5, 0.6) is 0 Å². The smallest absolute Gasteiger partial charge is 0.153 e. The monoisotopic (exact) mass is 1390 g/mol. The fraction of sp³-hybridized carbons (Fsp3) is 1.00. The topological polar surface area (TPSA) is 108 Å². The Morgan fingerprint density at radius 3 is 1.07 bits per heavy atom. The maximum atomic E-state index is 11.8. The van der Waals surface area contributed by atoms with E-state index in [1.807, 2.05) is 0 Å². The minimum atomic E-state index is -2.89. The number of β-amino-alcohol motifs (C(OH)–C–C–N with tert-alkyl or cyclic N) is 1. The van der Waals surface area contributed by atoms with E-state index >= 15 is 0 Å². The maximum Gasteiger partial charge on any atom is 0.153 e. The summed E-state index contributed by atoms with van der Waals surface area (Å²) in [5, 5.41) is 12.0. The highest BCUT2D eigenvalue weighted by molar-refractivity contribution is 7.92. The number of hydrogen-bond donors (Lipinski definition) is 3. The molecule has 0 aromatic heterocycles. The van der Waals surface area contributed by atoms with Crippen molar-refractivity contribution in [2.24, 2.45) is 34.5 Å². The van der Waals surface area contributed by atoms with Gasteiger partial charge in [0.2, 0.25) is 0 Å². The highest BCUT2D eigenvalue weighted by atomic mass is 32.2. The molecule has 0 aliphatic carbocycles. The zero-order chi connectivity index (χ0) is 73.6. The molecule has 0 aromatic carbocycles. The number of likely N-dealkylation sites (tertiary alicyclic amines) is 3. The van der Waals surface area contributed by atoms with Crippen LogP contribution in [0.15, 0.2) is 0 Å². The van der Waals surface area contributed by atoms with Crippen LogP contribution in [-0.4, -0.2) is 302 Å². The summed E-state index contributed by atoms with van der Waals surface area (Å²) in [5.41, 5.74) is 2.37. The number of ether oxygens (including phenoxy) is 1. The van der Waals surface area contributed by atoms with Crippen LogP contribution in [0.3, 0.4) is 0 Å². The number of piperidine rings is 1. The summed E-state index contributed by atoms with van der Waals surface area (Å²) in [7, 11) is -2.89. The molecule has 17 heteroatoms. The molecule has 0 radical (unpaired) electrons. The van der Waals surface area contributed by atoms with Gasteiger partial charge in [0, 0.05) is 215 Å². The fourth-order valence-corrected chi connectivity index (χ4v) is 14.1. The number of rotatable bonds is 14. The molecule has 7 aliphatic heterocycles. The van der Waals surface area contributed by atoms with Crippen molar-refractivity contribution in [1.82, 2.24) is 54.3 Å². The van der Waals surface area contributed by atoms with E-state index < -0.39 is 9.84 Å². The van der Waals surface area contributed by atoms with E-state index in [9.17, 15) is 8.42 Å². The molecule has 95 heavy (non-hydrogen) atoms. The van der Waals surface area contributed by atoms with Crippen LogP contribution in [0.1, 0.15) is 234 Å². The van der Waals surface area contributed by atoms with Crippen LogP contribution in [0.25, 0.3) is 0 Å². The summed E-state index contributed by atoms with van der Waals surface area (Å²) in [5.74, 6) is 4.71. The molecule has 2 N–H and O–H groups in total. The molecule has 7 aliphatic rings. The third kappa shape index (κ3) is 42.2. The van der Waals surface area contributed by atoms with Crippen molar-refractivity contribution in [1.29, 1.82) is 0 Å². The van der Waals surface area contributed by atoms with Crippen molar-refractivity contribution in [3.8, 4) is 0 Å². The minimum Gasteiger partial charge on any atom is -0.395 e. The number of hydrogen-bond acceptors (Lipinski definition) is 16. The van der Waals surface area contributed by atoms with Gasteiger partial charge in [-0.3, -0.25) is 39.2 Å². The van der Waals surface area contributed by atoms with Crippen molar-refractivity contribution in [2.75, 3.05) is 201 Å². The molecular weight excluding hydrogens is 1220 g/mol. The van der Waals surface area contributed by atoms with Crippen molar-refractivity contribution in [2.45, 2.75) is 272 Å². The Labute approximate surface area is 600 Å². The highest BCUT2D eigenvalue weighted by Gasteiger charge is 2.58. The van der Waals surface area contributed by atoms with Gasteiger partial charge in [-0.05, 0) is 194 Å². The summed E-state index contributed by atoms with van der Waals surface area (Å²) in [6, 6.07) is 0. The normalized spacial score (nSPS) is 23.8. The van der Waals surface area contributed by atoms with Gasteiger partial charge in [-0.25, -0.2) is 8.42 Å². The number of nitrogens with one attached hydrogen (secondary N) is 1. The van der Waals surface area contributed by atoms with E-state index in [-0.39, 0.29) is 23.0 Å². The largest absolute Gasteiger partial charge is 0.395 e. The third-order valence-electron chi connectivity index (χ3n) is 19.3. The SMILES string of the molecule is CC(C)(C)N1CCC(CN2CCNCC2)CC1.CC(C)(C)N1CCN(CCO)CC1.CC(C)(C)N1CCN(CCS)CC1.CC(C)(C)OCCCN1C[C@@]2(C)CN(C(C)(C)C)C[C@@]2(C)C1.CC(C)C.CC(C)C.CC(C)C.CC(C)S(=O)(=O)CCN1CCN(C(C)(C)C)CC1. The molecule has 7 heterocycles. The molecule has 0 spiro atoms. The molecule has 572 valence electrons. The molecule has 0 unspecified atom stereocenters. The Bertz CT molecular complexity index is 1940. The lowest BCUT2D eigenvalue weighted by atomic mass is 9.71. The number of aliphatic hydroxyl groups excluding tert-OH is 1. The second kappa shape index (κ2) is 44.4. The van der Waals surface area contributed by atoms with Crippen molar-refractivity contribution < 1.29 is 18.3 Å². The number of fused-ring (bicyclic) bond motifs is 1. The number of sulfone groups is 1. The second-order valence-electron chi connectivity index (χ2n) is 37.9. The minimum absolute atomic E-state index is 0.00726. The molecule has 15 nitrogen and oxygen atoms in total. The Kier molecular flexibility index (Phi) is 44.3. The molecule has 7 rings (SSSR count). The van der Waals surface area contributed by atoms with Crippen LogP contribution in [0.4, 0.5) is 0 Å². The van der Waals surface area contributed by atoms with Gasteiger partial charge in [-0.2, -0.15) is 12.6 Å². The molecule has 0 aromatic rings. The predicted octanol–water partition coefficient (Wildman–Crippen LogP) is 13.0. The number of piperazine rings is 4. The average Bonchev–Trinajstić information content (AvgIpc) is 1.57. The standard InChI is InChI=1S/C19H38N2O.C14H29N3.C13H28N2O2S.C10H22N2O.C10H22N2S.3C4H10/c1-16(2,3)21-14-18(7)12-20(13-19(18,8)15-21)10-9-11-22-17(4,5)6;1-14(2,3)17-8-4-13(5-9-17)12-16-10-6-15-7-11-16;1-12(2)18(16,17)11-10-14-6-8-15(9-7-14)13(3,4)5;2*1-10(2,3)12-6-4-11(5-7-12)8-9-13;3*1-4(2)3/h9-15H2,1-8H3;13,15H,4-12H2,1-3H3;12H,6-11H2,1-5H3;2*13H,4-9H2,1-3H3;3*4H,1-3H3/t18-,19+;;;;;;;. The van der Waals surface area contributed by atoms with Gasteiger partial charge >= 0.3 is 0 Å². The lowest BCUT2D eigenvalue weighted by Crippen LogP contribution is -2.54. The first-order valence-corrected chi connectivity index (χ1v) is 40.8. The number of nitrogens with zero attached hydrogens (tertiary/aromatic N) is 10. The van der Waals surface area contributed by atoms with Gasteiger partial charge in [0.25, 0.3) is 0 Å². The average molecular weight is 1390 g/mol. The third-order valence-corrected chi connectivity index (χ3v) is 21.7. The van der Waals surface area contributed by atoms with Gasteiger partial charge < -0.3 is 25.0 Å². The first-order valence-electron chi connectivity index (χ1n) is 38.5. The quantitative estimate of drug-likeness (QED) is 0.113. The Morgan fingerprint density at radius 1 is 0.442 bits per heavy atom. The Hall–Kier alpha value is -0.220. The summed E-state index contributed by atoms with van der Waals surface area (Å²) < 4.78 is 29.4. The summed E-state index contributed by atoms with van der Waals surface area (Å²) >= 11 is 4.26. The van der Waals surface area contributed by atoms with Crippen LogP contribution >= 0.6 is 12.6 Å². The van der Waals surface area contributed by atoms with E-state index in [1.54, 1.807) is 13.8 Å². The first-order chi connectivity index (χ1) is 43.3. The Morgan fingerprint density at radius 2 is 0.768 bits per heavy atom. The van der Waals surface area contributed by atoms with E-state index in [4.69, 9.17) is 9.84 Å². The molecule has 7 saturated heterocycles. The first kappa shape index (κ1) is 94.8. The molecule has 0 bridgehead atoms. The van der Waals surface area contributed by atoms with Crippen molar-refractivity contribution in [3.63, 3.8) is 0 Å². The van der Waals surface area contributed by atoms with Gasteiger partial charge in [0.1, 0.15) is 0 Å². The van der Waals surface area contributed by atoms with E-state index in [0.29, 0.717) is 45.3 Å². The molecule has 7 fully saturated rings. The second-order valence-corrected chi connectivity index (χ2v) is 41.0. The van der Waals surface area contributed by atoms with Crippen LogP contribution in [0, 0.1) is 34.5 Å². The lowest BCUT2D eigenvalue weighted by Gasteiger charge is -2.42. The summed E-state index contributed by atoms with van der Waals surface area (Å²) in [4.78, 5) is 25.2. The van der Waals surface area contributed by atoms with E-state index in [2.05, 4.69) is 268 Å². The molecule has 0 amide bonds. The van der Waals surface area contributed by atoms with Gasteiger partial charge in [-0.1, -0.05) is 76.2 Å². The molecule has 2 atom stereocenters. The van der Waals surface area contributed by atoms with Crippen molar-refractivity contribution in [3.05, 3.63) is 0 Å². The van der Waals surface area contributed by atoms with E-state index in [1.165, 1.54) is 118 Å². The van der Waals surface area contributed by atoms with Crippen LogP contribution in [0.2, 0.25) is 0 Å². The number of aliphatic hydroxyl groups is 1. The zero-order valence-electron chi connectivity index (χ0n) is 69.4. The molecular formula is C78H169N11O4S2. The molecule has 0 saturated carbocycles. The highest BCUT2D eigenvalue weighted by Crippen LogP contribution is 2.53. The number of thiol groups is 1. The van der Waals surface area contributed by atoms with Gasteiger partial charge in [-0.15, -0.1) is 0 Å². The van der Waals surface area contributed by atoms with Crippen LogP contribution < -0.4 is 5.32 Å². The van der Waals surface area contributed by atoms with E-state index in [0.717, 1.165) is 108 Å². The van der Waals surface area contributed by atoms with Crippen LogP contribution in [-0.2, 0) is 14.6 Å². The Balaban J connectivity index is 0.00000112. The maximum absolute atomic E-state index is 11.8. The summed E-state index contributed by atoms with van der Waals surface area (Å²) in [6.07, 6.45) is 3.93.